The minimum Gasteiger partial charge on any atom is -0.396 e. The van der Waals surface area contributed by atoms with E-state index in [1.807, 2.05) is 13.8 Å². The highest BCUT2D eigenvalue weighted by atomic mass is 32.2. The third-order valence-electron chi connectivity index (χ3n) is 3.96. The highest BCUT2D eigenvalue weighted by Crippen LogP contribution is 2.38. The first-order valence-corrected chi connectivity index (χ1v) is 11.4. The molecule has 1 aliphatic rings. The second kappa shape index (κ2) is 13.0. The molecule has 0 radical (unpaired) electrons. The van der Waals surface area contributed by atoms with Gasteiger partial charge in [0, 0.05) is 24.2 Å². The van der Waals surface area contributed by atoms with Crippen molar-refractivity contribution in [2.45, 2.75) is 24.5 Å². The number of anilines is 2. The van der Waals surface area contributed by atoms with Gasteiger partial charge in [0.15, 0.2) is 0 Å². The number of morpholine rings is 1. The van der Waals surface area contributed by atoms with Gasteiger partial charge in [-0.25, -0.2) is 4.98 Å². The van der Waals surface area contributed by atoms with Crippen LogP contribution in [0.4, 0.5) is 11.5 Å². The summed E-state index contributed by atoms with van der Waals surface area (Å²) in [6.07, 6.45) is 0.881. The minimum absolute atomic E-state index is 0.644. The van der Waals surface area contributed by atoms with Crippen molar-refractivity contribution in [1.82, 2.24) is 4.98 Å². The van der Waals surface area contributed by atoms with E-state index in [4.69, 9.17) is 15.5 Å². The molecule has 0 amide bonds. The highest BCUT2D eigenvalue weighted by molar-refractivity contribution is 7.87. The fourth-order valence-electron chi connectivity index (χ4n) is 2.74. The first kappa shape index (κ1) is 24.7. The fraction of sp³-hybridized carbons (Fsp3) is 0.364. The predicted molar refractivity (Wildman–Crippen MR) is 126 cm³/mol. The largest absolute Gasteiger partial charge is 0.396 e. The Morgan fingerprint density at radius 2 is 1.93 bits per heavy atom. The van der Waals surface area contributed by atoms with Crippen LogP contribution in [0.15, 0.2) is 53.8 Å². The second-order valence-corrected chi connectivity index (χ2v) is 8.67. The van der Waals surface area contributed by atoms with Crippen LogP contribution in [-0.2, 0) is 15.5 Å². The number of hydrogen-bond acceptors (Lipinski definition) is 6. The van der Waals surface area contributed by atoms with Crippen LogP contribution < -0.4 is 10.6 Å². The molecular weight excluding hydrogens is 402 g/mol. The molecule has 1 fully saturated rings. The van der Waals surface area contributed by atoms with Crippen LogP contribution in [0.1, 0.15) is 18.9 Å². The predicted octanol–water partition coefficient (Wildman–Crippen LogP) is 4.61. The molecule has 2 aromatic heterocycles. The molecule has 1 saturated heterocycles. The van der Waals surface area contributed by atoms with Crippen LogP contribution in [0.5, 0.6) is 0 Å². The molecule has 1 atom stereocenters. The molecule has 0 bridgehead atoms. The van der Waals surface area contributed by atoms with Crippen LogP contribution >= 0.6 is 11.3 Å². The summed E-state index contributed by atoms with van der Waals surface area (Å²) in [7, 11) is -1.03. The van der Waals surface area contributed by atoms with Crippen molar-refractivity contribution in [1.29, 1.82) is 0 Å². The molecule has 2 N–H and O–H groups in total. The maximum atomic E-state index is 12.3. The first-order chi connectivity index (χ1) is 14.0. The Labute approximate surface area is 180 Å². The topological polar surface area (TPSA) is 68.5 Å². The molecule has 29 heavy (non-hydrogen) atoms. The number of aromatic nitrogens is 1. The van der Waals surface area contributed by atoms with E-state index in [2.05, 4.69) is 54.5 Å². The maximum Gasteiger partial charge on any atom is 0.130 e. The average molecular weight is 432 g/mol. The number of ether oxygens (including phenoxy) is 1. The molecule has 3 rings (SSSR count). The van der Waals surface area contributed by atoms with Gasteiger partial charge in [-0.2, -0.15) is 0 Å². The molecule has 0 aromatic carbocycles. The van der Waals surface area contributed by atoms with Gasteiger partial charge in [-0.3, -0.25) is 4.21 Å². The number of hydrogen-bond donors (Lipinski definition) is 1. The zero-order chi connectivity index (χ0) is 21.8. The third-order valence-corrected chi connectivity index (χ3v) is 7.07. The van der Waals surface area contributed by atoms with Crippen molar-refractivity contribution in [3.8, 4) is 0 Å². The summed E-state index contributed by atoms with van der Waals surface area (Å²) < 4.78 is 18.5. The lowest BCUT2D eigenvalue weighted by atomic mass is 10.2. The second-order valence-electron chi connectivity index (χ2n) is 5.91. The molecule has 3 heterocycles. The van der Waals surface area contributed by atoms with Gasteiger partial charge in [0.2, 0.25) is 0 Å². The van der Waals surface area contributed by atoms with Gasteiger partial charge in [0.25, 0.3) is 0 Å². The Kier molecular flexibility index (Phi) is 11.0. The molecule has 5 nitrogen and oxygen atoms in total. The van der Waals surface area contributed by atoms with Gasteiger partial charge >= 0.3 is 0 Å². The van der Waals surface area contributed by atoms with E-state index < -0.39 is 10.8 Å². The quantitative estimate of drug-likeness (QED) is 0.565. The van der Waals surface area contributed by atoms with Gasteiger partial charge in [0.05, 0.1) is 29.7 Å². The van der Waals surface area contributed by atoms with Gasteiger partial charge in [0.1, 0.15) is 14.9 Å². The average Bonchev–Trinajstić information content (AvgIpc) is 3.08. The number of nitrogens with zero attached hydrogens (tertiary/aromatic N) is 2. The summed E-state index contributed by atoms with van der Waals surface area (Å²) in [6.45, 7) is 19.7. The molecule has 1 unspecified atom stereocenters. The van der Waals surface area contributed by atoms with Gasteiger partial charge in [-0.15, -0.1) is 24.5 Å². The molecule has 0 aliphatic carbocycles. The van der Waals surface area contributed by atoms with Crippen LogP contribution in [-0.4, -0.2) is 41.2 Å². The van der Waals surface area contributed by atoms with Crippen LogP contribution in [0.2, 0.25) is 0 Å². The number of fused-ring (bicyclic) bond motifs is 1. The van der Waals surface area contributed by atoms with E-state index in [0.29, 0.717) is 11.4 Å². The van der Waals surface area contributed by atoms with Crippen LogP contribution in [0.25, 0.3) is 10.2 Å². The molecule has 0 spiro atoms. The summed E-state index contributed by atoms with van der Waals surface area (Å²) >= 11 is 1.47. The number of rotatable bonds is 4. The van der Waals surface area contributed by atoms with E-state index in [0.717, 1.165) is 58.5 Å². The van der Waals surface area contributed by atoms with Crippen molar-refractivity contribution in [2.75, 3.05) is 42.7 Å². The Morgan fingerprint density at radius 3 is 2.45 bits per heavy atom. The number of nitrogen functional groups attached to an aromatic ring is 1. The van der Waals surface area contributed by atoms with Crippen LogP contribution in [0.3, 0.4) is 0 Å². The van der Waals surface area contributed by atoms with E-state index in [-0.39, 0.29) is 0 Å². The zero-order valence-electron chi connectivity index (χ0n) is 17.3. The Morgan fingerprint density at radius 1 is 1.31 bits per heavy atom. The van der Waals surface area contributed by atoms with Crippen molar-refractivity contribution in [2.24, 2.45) is 0 Å². The summed E-state index contributed by atoms with van der Waals surface area (Å²) in [6, 6.07) is 2.07. The van der Waals surface area contributed by atoms with Gasteiger partial charge < -0.3 is 15.4 Å². The smallest absolute Gasteiger partial charge is 0.130 e. The lowest BCUT2D eigenvalue weighted by Gasteiger charge is -2.28. The zero-order valence-corrected chi connectivity index (χ0v) is 18.9. The fourth-order valence-corrected chi connectivity index (χ4v) is 5.40. The Bertz CT molecular complexity index is 933. The summed E-state index contributed by atoms with van der Waals surface area (Å²) in [5.41, 5.74) is 15.1. The Balaban J connectivity index is 0.000000527. The van der Waals surface area contributed by atoms with Crippen molar-refractivity contribution < 1.29 is 8.95 Å². The van der Waals surface area contributed by atoms with Crippen LogP contribution in [0, 0.1) is 6.92 Å². The van der Waals surface area contributed by atoms with E-state index in [9.17, 15) is 4.21 Å². The maximum absolute atomic E-state index is 12.3. The van der Waals surface area contributed by atoms with E-state index in [1.54, 1.807) is 0 Å². The normalized spacial score (nSPS) is 13.7. The summed E-state index contributed by atoms with van der Waals surface area (Å²) in [5, 5.41) is 0.960. The molecule has 0 saturated carbocycles. The van der Waals surface area contributed by atoms with E-state index in [1.165, 1.54) is 11.3 Å². The van der Waals surface area contributed by atoms with Crippen molar-refractivity contribution >= 4 is 43.9 Å². The minimum atomic E-state index is -1.03. The standard InChI is InChI=1S/C15H21N3O2S2.C5H4.C2H4/c1-3-8-22(19)15-13(16)12-10(2)9-11(17-14(12)21-15)18-4-6-20-7-5-18;1-3-5-4-2;1-2/h9H,3-8,16H2,1-2H3;1-2H2;1-2H2. The summed E-state index contributed by atoms with van der Waals surface area (Å²) in [5.74, 6) is 1.61. The number of thiophene rings is 1. The molecule has 2 aromatic rings. The lowest BCUT2D eigenvalue weighted by molar-refractivity contribution is 0.122. The SMILES string of the molecule is C=C.C=C=C=C=C.CCCS(=O)c1sc2nc(N3CCOCC3)cc(C)c2c1N. The molecular formula is C22H29N3O2S2. The van der Waals surface area contributed by atoms with Crippen molar-refractivity contribution in [3.05, 3.63) is 55.1 Å². The highest BCUT2D eigenvalue weighted by Gasteiger charge is 2.20. The van der Waals surface area contributed by atoms with Gasteiger partial charge in [-0.05, 0) is 43.9 Å². The van der Waals surface area contributed by atoms with Gasteiger partial charge in [-0.1, -0.05) is 18.4 Å². The number of aryl methyl sites for hydroxylation is 1. The molecule has 156 valence electrons. The summed E-state index contributed by atoms with van der Waals surface area (Å²) in [4.78, 5) is 7.88. The van der Waals surface area contributed by atoms with Crippen molar-refractivity contribution in [3.63, 3.8) is 0 Å². The molecule has 7 heteroatoms. The van der Waals surface area contributed by atoms with E-state index >= 15 is 0 Å². The lowest BCUT2D eigenvalue weighted by Crippen LogP contribution is -2.36. The third kappa shape index (κ3) is 6.59. The monoisotopic (exact) mass is 431 g/mol. The Hall–Kier alpha value is -2.36. The number of pyridine rings is 1. The molecule has 1 aliphatic heterocycles. The number of nitrogens with two attached hydrogens (primary N) is 1. The first-order valence-electron chi connectivity index (χ1n) is 9.23.